The number of carbonyl (C=O) groups excluding carboxylic acids is 1. The van der Waals surface area contributed by atoms with E-state index in [0.717, 1.165) is 17.8 Å². The first kappa shape index (κ1) is 18.6. The Morgan fingerprint density at radius 1 is 1.40 bits per heavy atom. The van der Waals surface area contributed by atoms with Gasteiger partial charge >= 0.3 is 5.82 Å². The Kier molecular flexibility index (Phi) is 5.55. The smallest absolute Gasteiger partial charge is 0.358 e. The number of hydrogen-bond donors (Lipinski definition) is 1. The van der Waals surface area contributed by atoms with Crippen LogP contribution in [0.15, 0.2) is 12.3 Å². The Morgan fingerprint density at radius 3 is 2.56 bits per heavy atom. The number of nitrogens with one attached hydrogen (secondary N) is 1. The molecular weight excluding hydrogens is 324 g/mol. The predicted molar refractivity (Wildman–Crippen MR) is 92.1 cm³/mol. The minimum absolute atomic E-state index is 0.215. The average molecular weight is 348 g/mol. The fourth-order valence-electron chi connectivity index (χ4n) is 2.94. The fraction of sp³-hybridized carbons (Fsp3) is 0.562. The Morgan fingerprint density at radius 2 is 2.08 bits per heavy atom. The highest BCUT2D eigenvalue weighted by atomic mass is 16.6. The van der Waals surface area contributed by atoms with Gasteiger partial charge in [0.1, 0.15) is 0 Å². The molecule has 2 aromatic rings. The molecule has 136 valence electrons. The van der Waals surface area contributed by atoms with E-state index in [-0.39, 0.29) is 17.8 Å². The number of aromatic nitrogens is 4. The van der Waals surface area contributed by atoms with Crippen molar-refractivity contribution in [2.75, 3.05) is 0 Å². The van der Waals surface area contributed by atoms with Crippen LogP contribution >= 0.6 is 0 Å². The van der Waals surface area contributed by atoms with Crippen LogP contribution in [-0.4, -0.2) is 30.4 Å². The topological polar surface area (TPSA) is 108 Å². The average Bonchev–Trinajstić information content (AvgIpc) is 3.11. The van der Waals surface area contributed by atoms with Crippen LogP contribution in [0, 0.1) is 24.0 Å². The summed E-state index contributed by atoms with van der Waals surface area (Å²) in [5.41, 5.74) is 2.54. The molecule has 2 heterocycles. The summed E-state index contributed by atoms with van der Waals surface area (Å²) in [4.78, 5) is 23.1. The molecule has 2 rings (SSSR count). The molecule has 0 radical (unpaired) electrons. The first-order valence-corrected chi connectivity index (χ1v) is 8.33. The molecule has 2 atom stereocenters. The van der Waals surface area contributed by atoms with Crippen molar-refractivity contribution in [2.24, 2.45) is 0 Å². The lowest BCUT2D eigenvalue weighted by atomic mass is 10.1. The molecule has 1 amide bonds. The van der Waals surface area contributed by atoms with Crippen molar-refractivity contribution >= 4 is 11.7 Å². The van der Waals surface area contributed by atoms with Gasteiger partial charge in [-0.05, 0) is 39.0 Å². The number of nitro groups is 1. The standard InChI is InChI=1S/C16H24N6O3/c1-6-14(21-10(3)8-15(19-21)22(24)25)16(23)18-11(4)13-9-17-20(7-2)12(13)5/h8-9,11,14H,6-7H2,1-5H3,(H,18,23). The Hall–Kier alpha value is -2.71. The molecule has 0 aliphatic rings. The van der Waals surface area contributed by atoms with Crippen LogP contribution in [0.5, 0.6) is 0 Å². The van der Waals surface area contributed by atoms with Crippen molar-refractivity contribution < 1.29 is 9.72 Å². The van der Waals surface area contributed by atoms with Gasteiger partial charge in [0.05, 0.1) is 29.1 Å². The lowest BCUT2D eigenvalue weighted by molar-refractivity contribution is -0.389. The van der Waals surface area contributed by atoms with Crippen LogP contribution in [0.1, 0.15) is 56.2 Å². The number of rotatable bonds is 7. The molecule has 9 heteroatoms. The van der Waals surface area contributed by atoms with Crippen LogP contribution in [0.4, 0.5) is 5.82 Å². The maximum Gasteiger partial charge on any atom is 0.390 e. The molecule has 9 nitrogen and oxygen atoms in total. The summed E-state index contributed by atoms with van der Waals surface area (Å²) in [7, 11) is 0. The number of amides is 1. The van der Waals surface area contributed by atoms with Gasteiger partial charge in [-0.25, -0.2) is 0 Å². The van der Waals surface area contributed by atoms with Crippen molar-refractivity contribution in [1.82, 2.24) is 24.9 Å². The largest absolute Gasteiger partial charge is 0.390 e. The summed E-state index contributed by atoms with van der Waals surface area (Å²) < 4.78 is 3.29. The summed E-state index contributed by atoms with van der Waals surface area (Å²) in [6.07, 6.45) is 2.24. The van der Waals surface area contributed by atoms with E-state index in [1.54, 1.807) is 13.1 Å². The normalized spacial score (nSPS) is 13.5. The Balaban J connectivity index is 2.19. The van der Waals surface area contributed by atoms with Crippen LogP contribution in [-0.2, 0) is 11.3 Å². The number of aryl methyl sites for hydroxylation is 2. The second-order valence-electron chi connectivity index (χ2n) is 6.00. The van der Waals surface area contributed by atoms with Gasteiger partial charge in [0.25, 0.3) is 0 Å². The molecule has 0 aliphatic carbocycles. The highest BCUT2D eigenvalue weighted by Gasteiger charge is 2.28. The first-order valence-electron chi connectivity index (χ1n) is 8.33. The summed E-state index contributed by atoms with van der Waals surface area (Å²) in [6, 6.07) is 0.555. The van der Waals surface area contributed by atoms with E-state index in [1.165, 1.54) is 10.7 Å². The summed E-state index contributed by atoms with van der Waals surface area (Å²) in [5, 5.41) is 22.1. The molecule has 0 aromatic carbocycles. The van der Waals surface area contributed by atoms with E-state index in [0.29, 0.717) is 12.1 Å². The molecule has 0 fully saturated rings. The lowest BCUT2D eigenvalue weighted by Crippen LogP contribution is -2.35. The Labute approximate surface area is 146 Å². The number of nitrogens with zero attached hydrogens (tertiary/aromatic N) is 5. The van der Waals surface area contributed by atoms with E-state index in [4.69, 9.17) is 0 Å². The molecule has 25 heavy (non-hydrogen) atoms. The fourth-order valence-corrected chi connectivity index (χ4v) is 2.94. The van der Waals surface area contributed by atoms with E-state index >= 15 is 0 Å². The van der Waals surface area contributed by atoms with Crippen LogP contribution < -0.4 is 5.32 Å². The van der Waals surface area contributed by atoms with E-state index in [9.17, 15) is 14.9 Å². The van der Waals surface area contributed by atoms with Gasteiger partial charge in [0.2, 0.25) is 5.91 Å². The quantitative estimate of drug-likeness (QED) is 0.611. The molecule has 0 bridgehead atoms. The van der Waals surface area contributed by atoms with Crippen LogP contribution in [0.25, 0.3) is 0 Å². The van der Waals surface area contributed by atoms with Gasteiger partial charge in [0.15, 0.2) is 6.04 Å². The van der Waals surface area contributed by atoms with Gasteiger partial charge in [-0.3, -0.25) is 9.48 Å². The summed E-state index contributed by atoms with van der Waals surface area (Å²) >= 11 is 0. The van der Waals surface area contributed by atoms with Gasteiger partial charge in [-0.2, -0.15) is 9.78 Å². The van der Waals surface area contributed by atoms with Gasteiger partial charge < -0.3 is 15.4 Å². The molecular formula is C16H24N6O3. The van der Waals surface area contributed by atoms with Gasteiger partial charge in [-0.15, -0.1) is 0 Å². The minimum atomic E-state index is -0.599. The first-order chi connectivity index (χ1) is 11.8. The van der Waals surface area contributed by atoms with E-state index in [2.05, 4.69) is 15.5 Å². The maximum atomic E-state index is 12.7. The number of hydrogen-bond acceptors (Lipinski definition) is 5. The summed E-state index contributed by atoms with van der Waals surface area (Å²) in [5.74, 6) is -0.475. The second-order valence-corrected chi connectivity index (χ2v) is 6.00. The number of carbonyl (C=O) groups is 1. The van der Waals surface area contributed by atoms with Crippen molar-refractivity contribution in [2.45, 2.75) is 59.7 Å². The second kappa shape index (κ2) is 7.45. The third kappa shape index (κ3) is 3.70. The van der Waals surface area contributed by atoms with E-state index in [1.807, 2.05) is 32.4 Å². The minimum Gasteiger partial charge on any atom is -0.358 e. The third-order valence-electron chi connectivity index (χ3n) is 4.35. The molecule has 2 unspecified atom stereocenters. The summed E-state index contributed by atoms with van der Waals surface area (Å²) in [6.45, 7) is 10.2. The SMILES string of the molecule is CCC(C(=O)NC(C)c1cnn(CC)c1C)n1nc([N+](=O)[O-])cc1C. The molecule has 0 aliphatic heterocycles. The highest BCUT2D eigenvalue weighted by Crippen LogP contribution is 2.22. The molecule has 0 saturated heterocycles. The van der Waals surface area contributed by atoms with Crippen molar-refractivity contribution in [3.8, 4) is 0 Å². The zero-order valence-corrected chi connectivity index (χ0v) is 15.2. The zero-order valence-electron chi connectivity index (χ0n) is 15.2. The van der Waals surface area contributed by atoms with Crippen molar-refractivity contribution in [3.63, 3.8) is 0 Å². The third-order valence-corrected chi connectivity index (χ3v) is 4.35. The van der Waals surface area contributed by atoms with Crippen molar-refractivity contribution in [3.05, 3.63) is 39.3 Å². The molecule has 2 aromatic heterocycles. The van der Waals surface area contributed by atoms with Gasteiger partial charge in [0, 0.05) is 17.8 Å². The van der Waals surface area contributed by atoms with E-state index < -0.39 is 11.0 Å². The Bertz CT molecular complexity index is 779. The predicted octanol–water partition coefficient (Wildman–Crippen LogP) is 2.45. The molecule has 1 N–H and O–H groups in total. The van der Waals surface area contributed by atoms with Crippen LogP contribution in [0.2, 0.25) is 0 Å². The zero-order chi connectivity index (χ0) is 18.7. The highest BCUT2D eigenvalue weighted by molar-refractivity contribution is 5.80. The molecule has 0 spiro atoms. The lowest BCUT2D eigenvalue weighted by Gasteiger charge is -2.19. The van der Waals surface area contributed by atoms with Crippen molar-refractivity contribution in [1.29, 1.82) is 0 Å². The molecule has 0 saturated carbocycles. The van der Waals surface area contributed by atoms with Crippen LogP contribution in [0.3, 0.4) is 0 Å². The van der Waals surface area contributed by atoms with Gasteiger partial charge in [-0.1, -0.05) is 6.92 Å². The maximum absolute atomic E-state index is 12.7. The monoisotopic (exact) mass is 348 g/mol.